The molecule has 0 bridgehead atoms. The van der Waals surface area contributed by atoms with Crippen LogP contribution in [0.25, 0.3) is 0 Å². The fourth-order valence-corrected chi connectivity index (χ4v) is 1.88. The summed E-state index contributed by atoms with van der Waals surface area (Å²) >= 11 is 1.66. The minimum Gasteiger partial charge on any atom is -0.496 e. The van der Waals surface area contributed by atoms with E-state index in [-0.39, 0.29) is 6.04 Å². The van der Waals surface area contributed by atoms with Crippen LogP contribution in [0.15, 0.2) is 11.4 Å². The highest BCUT2D eigenvalue weighted by Gasteiger charge is 2.10. The molecule has 0 aromatic carbocycles. The van der Waals surface area contributed by atoms with Crippen LogP contribution in [0, 0.1) is 0 Å². The van der Waals surface area contributed by atoms with Gasteiger partial charge in [-0.15, -0.1) is 11.3 Å². The van der Waals surface area contributed by atoms with Gasteiger partial charge in [-0.05, 0) is 17.9 Å². The van der Waals surface area contributed by atoms with Gasteiger partial charge in [-0.3, -0.25) is 0 Å². The van der Waals surface area contributed by atoms with Crippen molar-refractivity contribution in [3.8, 4) is 5.75 Å². The number of thiophene rings is 1. The lowest BCUT2D eigenvalue weighted by molar-refractivity contribution is 0.408. The van der Waals surface area contributed by atoms with Gasteiger partial charge in [0.25, 0.3) is 0 Å². The Morgan fingerprint density at radius 2 is 2.45 bits per heavy atom. The van der Waals surface area contributed by atoms with Gasteiger partial charge in [0, 0.05) is 6.04 Å². The predicted octanol–water partition coefficient (Wildman–Crippen LogP) is 2.17. The van der Waals surface area contributed by atoms with E-state index in [0.29, 0.717) is 0 Å². The second-order valence-electron chi connectivity index (χ2n) is 2.37. The van der Waals surface area contributed by atoms with Gasteiger partial charge in [-0.1, -0.05) is 6.92 Å². The van der Waals surface area contributed by atoms with Gasteiger partial charge < -0.3 is 10.5 Å². The van der Waals surface area contributed by atoms with Crippen molar-refractivity contribution >= 4 is 11.3 Å². The van der Waals surface area contributed by atoms with Gasteiger partial charge in [0.1, 0.15) is 5.75 Å². The summed E-state index contributed by atoms with van der Waals surface area (Å²) in [6.45, 7) is 2.07. The van der Waals surface area contributed by atoms with Crippen LogP contribution in [0.3, 0.4) is 0 Å². The van der Waals surface area contributed by atoms with Crippen LogP contribution in [0.5, 0.6) is 5.75 Å². The van der Waals surface area contributed by atoms with Gasteiger partial charge in [0.15, 0.2) is 0 Å². The second kappa shape index (κ2) is 3.74. The number of hydrogen-bond donors (Lipinski definition) is 1. The molecule has 1 heterocycles. The molecular weight excluding hydrogens is 158 g/mol. The number of ether oxygens (including phenoxy) is 1. The molecule has 1 rings (SSSR count). The van der Waals surface area contributed by atoms with Crippen LogP contribution in [-0.4, -0.2) is 7.11 Å². The number of rotatable bonds is 3. The molecule has 0 radical (unpaired) electrons. The van der Waals surface area contributed by atoms with E-state index in [1.54, 1.807) is 18.4 Å². The molecule has 0 aliphatic carbocycles. The Morgan fingerprint density at radius 3 is 3.00 bits per heavy atom. The van der Waals surface area contributed by atoms with Crippen molar-refractivity contribution in [1.29, 1.82) is 0 Å². The Hall–Kier alpha value is -0.540. The largest absolute Gasteiger partial charge is 0.496 e. The van der Waals surface area contributed by atoms with Crippen LogP contribution < -0.4 is 10.5 Å². The van der Waals surface area contributed by atoms with E-state index in [9.17, 15) is 0 Å². The molecule has 1 aromatic heterocycles. The molecule has 2 N–H and O–H groups in total. The van der Waals surface area contributed by atoms with Gasteiger partial charge in [-0.25, -0.2) is 0 Å². The summed E-state index contributed by atoms with van der Waals surface area (Å²) in [5.74, 6) is 0.921. The van der Waals surface area contributed by atoms with E-state index < -0.39 is 0 Å². The van der Waals surface area contributed by atoms with Crippen molar-refractivity contribution in [2.45, 2.75) is 19.4 Å². The third-order valence-corrected chi connectivity index (χ3v) is 2.68. The normalized spacial score (nSPS) is 13.0. The molecule has 0 saturated heterocycles. The van der Waals surface area contributed by atoms with Crippen molar-refractivity contribution in [1.82, 2.24) is 0 Å². The first-order valence-electron chi connectivity index (χ1n) is 3.66. The molecule has 0 aliphatic rings. The molecule has 0 amide bonds. The van der Waals surface area contributed by atoms with Crippen molar-refractivity contribution in [2.75, 3.05) is 7.11 Å². The lowest BCUT2D eigenvalue weighted by Gasteiger charge is -2.07. The van der Waals surface area contributed by atoms with Crippen LogP contribution in [0.1, 0.15) is 24.3 Å². The molecule has 1 aromatic rings. The highest BCUT2D eigenvalue weighted by Crippen LogP contribution is 2.30. The summed E-state index contributed by atoms with van der Waals surface area (Å²) < 4.78 is 5.14. The van der Waals surface area contributed by atoms with Crippen molar-refractivity contribution in [2.24, 2.45) is 5.73 Å². The van der Waals surface area contributed by atoms with Gasteiger partial charge >= 0.3 is 0 Å². The average Bonchev–Trinajstić information content (AvgIpc) is 2.50. The maximum atomic E-state index is 5.85. The predicted molar refractivity (Wildman–Crippen MR) is 48.1 cm³/mol. The van der Waals surface area contributed by atoms with Crippen LogP contribution in [-0.2, 0) is 0 Å². The lowest BCUT2D eigenvalue weighted by Crippen LogP contribution is -2.07. The zero-order chi connectivity index (χ0) is 8.27. The van der Waals surface area contributed by atoms with E-state index in [0.717, 1.165) is 17.0 Å². The summed E-state index contributed by atoms with van der Waals surface area (Å²) in [5, 5.41) is 2.00. The average molecular weight is 171 g/mol. The van der Waals surface area contributed by atoms with Crippen molar-refractivity contribution in [3.05, 3.63) is 16.3 Å². The second-order valence-corrected chi connectivity index (χ2v) is 3.32. The Balaban J connectivity index is 2.83. The van der Waals surface area contributed by atoms with E-state index in [2.05, 4.69) is 6.92 Å². The molecule has 0 fully saturated rings. The number of hydrogen-bond acceptors (Lipinski definition) is 3. The van der Waals surface area contributed by atoms with Crippen molar-refractivity contribution < 1.29 is 4.74 Å². The van der Waals surface area contributed by atoms with E-state index in [1.807, 2.05) is 11.4 Å². The number of methoxy groups -OCH3 is 1. The SMILES string of the molecule is CC[C@@H](N)c1sccc1OC. The highest BCUT2D eigenvalue weighted by atomic mass is 32.1. The van der Waals surface area contributed by atoms with Gasteiger partial charge in [0.2, 0.25) is 0 Å². The smallest absolute Gasteiger partial charge is 0.134 e. The first-order chi connectivity index (χ1) is 5.29. The third kappa shape index (κ3) is 1.73. The standard InChI is InChI=1S/C8H13NOS/c1-3-6(9)8-7(10-2)4-5-11-8/h4-6H,3,9H2,1-2H3/t6-/m1/s1. The van der Waals surface area contributed by atoms with Crippen molar-refractivity contribution in [3.63, 3.8) is 0 Å². The molecule has 0 unspecified atom stereocenters. The van der Waals surface area contributed by atoms with E-state index >= 15 is 0 Å². The molecule has 0 spiro atoms. The fourth-order valence-electron chi connectivity index (χ4n) is 0.933. The van der Waals surface area contributed by atoms with Gasteiger partial charge in [0.05, 0.1) is 12.0 Å². The molecule has 0 saturated carbocycles. The Morgan fingerprint density at radius 1 is 1.73 bits per heavy atom. The quantitative estimate of drug-likeness (QED) is 0.756. The summed E-state index contributed by atoms with van der Waals surface area (Å²) in [7, 11) is 1.67. The highest BCUT2D eigenvalue weighted by molar-refractivity contribution is 7.10. The monoisotopic (exact) mass is 171 g/mol. The van der Waals surface area contributed by atoms with Crippen LogP contribution in [0.4, 0.5) is 0 Å². The maximum Gasteiger partial charge on any atom is 0.134 e. The van der Waals surface area contributed by atoms with Crippen LogP contribution in [0.2, 0.25) is 0 Å². The molecule has 11 heavy (non-hydrogen) atoms. The minimum atomic E-state index is 0.130. The first-order valence-corrected chi connectivity index (χ1v) is 4.54. The Kier molecular flexibility index (Phi) is 2.91. The van der Waals surface area contributed by atoms with Crippen LogP contribution >= 0.6 is 11.3 Å². The zero-order valence-electron chi connectivity index (χ0n) is 6.83. The topological polar surface area (TPSA) is 35.2 Å². The van der Waals surface area contributed by atoms with Gasteiger partial charge in [-0.2, -0.15) is 0 Å². The minimum absolute atomic E-state index is 0.130. The molecule has 1 atom stereocenters. The third-order valence-electron chi connectivity index (χ3n) is 1.65. The molecule has 62 valence electrons. The van der Waals surface area contributed by atoms with E-state index in [1.165, 1.54) is 0 Å². The number of nitrogens with two attached hydrogens (primary N) is 1. The van der Waals surface area contributed by atoms with E-state index in [4.69, 9.17) is 10.5 Å². The summed E-state index contributed by atoms with van der Waals surface area (Å²) in [6, 6.07) is 2.08. The maximum absolute atomic E-state index is 5.85. The molecule has 3 heteroatoms. The zero-order valence-corrected chi connectivity index (χ0v) is 7.65. The lowest BCUT2D eigenvalue weighted by atomic mass is 10.2. The summed E-state index contributed by atoms with van der Waals surface area (Å²) in [4.78, 5) is 1.15. The Bertz CT molecular complexity index is 222. The molecular formula is C8H13NOS. The first kappa shape index (κ1) is 8.56. The molecule has 0 aliphatic heterocycles. The Labute approximate surface area is 71.0 Å². The fraction of sp³-hybridized carbons (Fsp3) is 0.500. The molecule has 2 nitrogen and oxygen atoms in total. The summed E-state index contributed by atoms with van der Waals surface area (Å²) in [6.07, 6.45) is 0.955. The summed E-state index contributed by atoms with van der Waals surface area (Å²) in [5.41, 5.74) is 5.85.